The SMILES string of the molecule is CC1CC(C)CN(C(=O)CCn2c(=O)[nH]c(=O)c3ccccc32)C1. The molecule has 1 fully saturated rings. The third-order valence-corrected chi connectivity index (χ3v) is 4.68. The minimum Gasteiger partial charge on any atom is -0.342 e. The highest BCUT2D eigenvalue weighted by atomic mass is 16.2. The van der Waals surface area contributed by atoms with Gasteiger partial charge in [0, 0.05) is 26.1 Å². The molecule has 1 aliphatic rings. The third kappa shape index (κ3) is 3.27. The Morgan fingerprint density at radius 1 is 1.17 bits per heavy atom. The Morgan fingerprint density at radius 2 is 1.83 bits per heavy atom. The minimum atomic E-state index is -0.466. The molecule has 3 rings (SSSR count). The van der Waals surface area contributed by atoms with Crippen molar-refractivity contribution in [1.29, 1.82) is 0 Å². The number of nitrogens with one attached hydrogen (secondary N) is 1. The monoisotopic (exact) mass is 329 g/mol. The number of carbonyl (C=O) groups is 1. The fourth-order valence-corrected chi connectivity index (χ4v) is 3.70. The molecule has 2 aromatic rings. The number of hydrogen-bond acceptors (Lipinski definition) is 3. The fourth-order valence-electron chi connectivity index (χ4n) is 3.70. The number of aryl methyl sites for hydroxylation is 1. The molecular weight excluding hydrogens is 306 g/mol. The summed E-state index contributed by atoms with van der Waals surface area (Å²) in [6.45, 7) is 6.16. The number of benzene rings is 1. The van der Waals surface area contributed by atoms with Crippen LogP contribution in [0.4, 0.5) is 0 Å². The van der Waals surface area contributed by atoms with E-state index >= 15 is 0 Å². The maximum absolute atomic E-state index is 12.5. The molecule has 1 aromatic heterocycles. The van der Waals surface area contributed by atoms with Crippen LogP contribution < -0.4 is 11.2 Å². The van der Waals surface area contributed by atoms with Gasteiger partial charge in [-0.05, 0) is 30.4 Å². The zero-order valence-electron chi connectivity index (χ0n) is 14.1. The van der Waals surface area contributed by atoms with Crippen LogP contribution in [0.25, 0.3) is 10.9 Å². The van der Waals surface area contributed by atoms with E-state index in [1.54, 1.807) is 24.3 Å². The molecule has 6 nitrogen and oxygen atoms in total. The van der Waals surface area contributed by atoms with Crippen molar-refractivity contribution >= 4 is 16.8 Å². The van der Waals surface area contributed by atoms with E-state index in [1.807, 2.05) is 4.90 Å². The minimum absolute atomic E-state index is 0.0654. The molecule has 1 amide bonds. The number of carbonyl (C=O) groups excluding carboxylic acids is 1. The smallest absolute Gasteiger partial charge is 0.328 e. The first kappa shape index (κ1) is 16.5. The van der Waals surface area contributed by atoms with E-state index in [2.05, 4.69) is 18.8 Å². The molecule has 1 aromatic carbocycles. The van der Waals surface area contributed by atoms with Crippen LogP contribution in [-0.4, -0.2) is 33.4 Å². The number of rotatable bonds is 3. The lowest BCUT2D eigenvalue weighted by atomic mass is 9.92. The van der Waals surface area contributed by atoms with Crippen LogP contribution in [0, 0.1) is 11.8 Å². The summed E-state index contributed by atoms with van der Waals surface area (Å²) in [6.07, 6.45) is 1.41. The predicted octanol–water partition coefficient (Wildman–Crippen LogP) is 1.58. The second-order valence-electron chi connectivity index (χ2n) is 6.92. The van der Waals surface area contributed by atoms with Crippen LogP contribution in [0.1, 0.15) is 26.7 Å². The molecule has 0 radical (unpaired) electrons. The van der Waals surface area contributed by atoms with Crippen molar-refractivity contribution < 1.29 is 4.79 Å². The highest BCUT2D eigenvalue weighted by Crippen LogP contribution is 2.21. The van der Waals surface area contributed by atoms with Crippen molar-refractivity contribution in [2.24, 2.45) is 11.8 Å². The summed E-state index contributed by atoms with van der Waals surface area (Å²) in [6, 6.07) is 6.96. The molecule has 1 saturated heterocycles. The topological polar surface area (TPSA) is 75.2 Å². The summed E-state index contributed by atoms with van der Waals surface area (Å²) in [5.41, 5.74) is -0.289. The first-order valence-corrected chi connectivity index (χ1v) is 8.45. The summed E-state index contributed by atoms with van der Waals surface area (Å²) in [5, 5.41) is 0.463. The summed E-state index contributed by atoms with van der Waals surface area (Å²) in [7, 11) is 0. The van der Waals surface area contributed by atoms with Crippen molar-refractivity contribution in [1.82, 2.24) is 14.5 Å². The van der Waals surface area contributed by atoms with Gasteiger partial charge in [-0.15, -0.1) is 0 Å². The molecule has 128 valence electrons. The second kappa shape index (κ2) is 6.63. The number of piperidine rings is 1. The van der Waals surface area contributed by atoms with E-state index in [1.165, 1.54) is 4.57 Å². The van der Waals surface area contributed by atoms with Gasteiger partial charge in [0.15, 0.2) is 0 Å². The summed E-state index contributed by atoms with van der Waals surface area (Å²) in [5.74, 6) is 1.08. The Balaban J connectivity index is 1.80. The number of para-hydroxylation sites is 1. The molecule has 0 spiro atoms. The average molecular weight is 329 g/mol. The van der Waals surface area contributed by atoms with Gasteiger partial charge in [-0.25, -0.2) is 4.79 Å². The largest absolute Gasteiger partial charge is 0.342 e. The molecule has 1 N–H and O–H groups in total. The predicted molar refractivity (Wildman–Crippen MR) is 93.0 cm³/mol. The third-order valence-electron chi connectivity index (χ3n) is 4.68. The van der Waals surface area contributed by atoms with Gasteiger partial charge in [-0.2, -0.15) is 0 Å². The quantitative estimate of drug-likeness (QED) is 0.929. The number of fused-ring (bicyclic) bond motifs is 1. The average Bonchev–Trinajstić information content (AvgIpc) is 2.53. The van der Waals surface area contributed by atoms with Crippen molar-refractivity contribution in [2.75, 3.05) is 13.1 Å². The Hall–Kier alpha value is -2.37. The van der Waals surface area contributed by atoms with Gasteiger partial charge in [0.25, 0.3) is 5.56 Å². The Kier molecular flexibility index (Phi) is 4.55. The number of amides is 1. The van der Waals surface area contributed by atoms with Crippen LogP contribution in [-0.2, 0) is 11.3 Å². The van der Waals surface area contributed by atoms with E-state index in [0.29, 0.717) is 22.7 Å². The van der Waals surface area contributed by atoms with Crippen molar-refractivity contribution in [3.05, 3.63) is 45.1 Å². The van der Waals surface area contributed by atoms with Gasteiger partial charge < -0.3 is 4.90 Å². The van der Waals surface area contributed by atoms with E-state index in [4.69, 9.17) is 0 Å². The zero-order chi connectivity index (χ0) is 17.3. The van der Waals surface area contributed by atoms with Gasteiger partial charge in [-0.3, -0.25) is 19.1 Å². The number of aromatic nitrogens is 2. The number of nitrogens with zero attached hydrogens (tertiary/aromatic N) is 2. The van der Waals surface area contributed by atoms with Crippen LogP contribution in [0.2, 0.25) is 0 Å². The lowest BCUT2D eigenvalue weighted by Crippen LogP contribution is -2.43. The van der Waals surface area contributed by atoms with E-state index in [-0.39, 0.29) is 18.9 Å². The molecule has 2 heterocycles. The van der Waals surface area contributed by atoms with Crippen molar-refractivity contribution in [3.63, 3.8) is 0 Å². The maximum atomic E-state index is 12.5. The Bertz CT molecular complexity index is 858. The lowest BCUT2D eigenvalue weighted by Gasteiger charge is -2.35. The van der Waals surface area contributed by atoms with Gasteiger partial charge in [0.05, 0.1) is 10.9 Å². The molecule has 2 unspecified atom stereocenters. The molecule has 24 heavy (non-hydrogen) atoms. The highest BCUT2D eigenvalue weighted by Gasteiger charge is 2.25. The molecular formula is C18H23N3O3. The Labute approximate surface area is 140 Å². The molecule has 1 aliphatic heterocycles. The van der Waals surface area contributed by atoms with Crippen molar-refractivity contribution in [2.45, 2.75) is 33.2 Å². The number of aromatic amines is 1. The number of likely N-dealkylation sites (tertiary alicyclic amines) is 1. The van der Waals surface area contributed by atoms with Crippen LogP contribution in [0.3, 0.4) is 0 Å². The van der Waals surface area contributed by atoms with Crippen LogP contribution >= 0.6 is 0 Å². The first-order valence-electron chi connectivity index (χ1n) is 8.45. The zero-order valence-corrected chi connectivity index (χ0v) is 14.1. The van der Waals surface area contributed by atoms with E-state index in [9.17, 15) is 14.4 Å². The van der Waals surface area contributed by atoms with E-state index < -0.39 is 11.2 Å². The summed E-state index contributed by atoms with van der Waals surface area (Å²) >= 11 is 0. The molecule has 0 aliphatic carbocycles. The normalized spacial score (nSPS) is 21.2. The second-order valence-corrected chi connectivity index (χ2v) is 6.92. The molecule has 0 saturated carbocycles. The van der Waals surface area contributed by atoms with Crippen molar-refractivity contribution in [3.8, 4) is 0 Å². The molecule has 6 heteroatoms. The first-order chi connectivity index (χ1) is 11.5. The summed E-state index contributed by atoms with van der Waals surface area (Å²) < 4.78 is 1.48. The Morgan fingerprint density at radius 3 is 2.54 bits per heavy atom. The summed E-state index contributed by atoms with van der Waals surface area (Å²) in [4.78, 5) is 40.7. The molecule has 0 bridgehead atoms. The van der Waals surface area contributed by atoms with Gasteiger partial charge in [-0.1, -0.05) is 26.0 Å². The number of H-pyrrole nitrogens is 1. The number of hydrogen-bond donors (Lipinski definition) is 1. The fraction of sp³-hybridized carbons (Fsp3) is 0.500. The standard InChI is InChI=1S/C18H23N3O3/c1-12-9-13(2)11-20(10-12)16(22)7-8-21-15-6-4-3-5-14(15)17(23)19-18(21)24/h3-6,12-13H,7-11H2,1-2H3,(H,19,23,24). The maximum Gasteiger partial charge on any atom is 0.328 e. The van der Waals surface area contributed by atoms with Gasteiger partial charge >= 0.3 is 5.69 Å². The highest BCUT2D eigenvalue weighted by molar-refractivity contribution is 5.79. The van der Waals surface area contributed by atoms with Crippen LogP contribution in [0.15, 0.2) is 33.9 Å². The van der Waals surface area contributed by atoms with Gasteiger partial charge in [0.2, 0.25) is 5.91 Å². The van der Waals surface area contributed by atoms with E-state index in [0.717, 1.165) is 19.5 Å². The lowest BCUT2D eigenvalue weighted by molar-refractivity contribution is -0.134. The van der Waals surface area contributed by atoms with Gasteiger partial charge in [0.1, 0.15) is 0 Å². The van der Waals surface area contributed by atoms with Crippen LogP contribution in [0.5, 0.6) is 0 Å². The molecule has 2 atom stereocenters.